The van der Waals surface area contributed by atoms with E-state index in [0.29, 0.717) is 9.80 Å². The summed E-state index contributed by atoms with van der Waals surface area (Å²) in [5.41, 5.74) is 0. The molecule has 94 valence electrons. The fourth-order valence-corrected chi connectivity index (χ4v) is 4.14. The van der Waals surface area contributed by atoms with Crippen LogP contribution in [-0.2, 0) is 19.3 Å². The first-order chi connectivity index (χ1) is 8.66. The van der Waals surface area contributed by atoms with Crippen molar-refractivity contribution in [2.24, 2.45) is 0 Å². The molecule has 1 aromatic carbocycles. The van der Waals surface area contributed by atoms with E-state index in [4.69, 9.17) is 9.47 Å². The van der Waals surface area contributed by atoms with Crippen LogP contribution in [0.1, 0.15) is 6.42 Å². The fraction of sp³-hybridized carbons (Fsp3) is 0.385. The summed E-state index contributed by atoms with van der Waals surface area (Å²) in [6.07, 6.45) is 2.42. The highest BCUT2D eigenvalue weighted by molar-refractivity contribution is 7.95. The number of ether oxygens (including phenoxy) is 2. The number of benzene rings is 1. The average Bonchev–Trinajstić information content (AvgIpc) is 3.23. The second-order valence-electron chi connectivity index (χ2n) is 4.86. The lowest BCUT2D eigenvalue weighted by atomic mass is 10.2. The van der Waals surface area contributed by atoms with Gasteiger partial charge in [0.15, 0.2) is 0 Å². The molecule has 0 spiro atoms. The van der Waals surface area contributed by atoms with Gasteiger partial charge >= 0.3 is 0 Å². The smallest absolute Gasteiger partial charge is 0.205 e. The van der Waals surface area contributed by atoms with E-state index in [2.05, 4.69) is 0 Å². The predicted molar refractivity (Wildman–Crippen MR) is 63.6 cm³/mol. The van der Waals surface area contributed by atoms with Crippen LogP contribution in [0.25, 0.3) is 0 Å². The highest BCUT2D eigenvalue weighted by Crippen LogP contribution is 2.46. The van der Waals surface area contributed by atoms with Gasteiger partial charge < -0.3 is 9.47 Å². The van der Waals surface area contributed by atoms with E-state index in [1.165, 1.54) is 0 Å². The Hall–Kier alpha value is -1.17. The monoisotopic (exact) mass is 264 g/mol. The Morgan fingerprint density at radius 2 is 1.83 bits per heavy atom. The van der Waals surface area contributed by atoms with Crippen LogP contribution in [-0.4, -0.2) is 32.8 Å². The molecule has 3 aliphatic rings. The Labute approximate surface area is 105 Å². The molecule has 1 aromatic rings. The van der Waals surface area contributed by atoms with E-state index in [1.54, 1.807) is 36.4 Å². The lowest BCUT2D eigenvalue weighted by Gasteiger charge is -2.06. The van der Waals surface area contributed by atoms with Crippen LogP contribution in [0, 0.1) is 0 Å². The summed E-state index contributed by atoms with van der Waals surface area (Å²) < 4.78 is 35.9. The zero-order valence-corrected chi connectivity index (χ0v) is 10.3. The highest BCUT2D eigenvalue weighted by Gasteiger charge is 2.55. The van der Waals surface area contributed by atoms with Gasteiger partial charge in [0.1, 0.15) is 12.2 Å². The van der Waals surface area contributed by atoms with Crippen molar-refractivity contribution in [3.63, 3.8) is 0 Å². The topological polar surface area (TPSA) is 59.2 Å². The van der Waals surface area contributed by atoms with Crippen LogP contribution in [0.3, 0.4) is 0 Å². The largest absolute Gasteiger partial charge is 0.365 e. The molecule has 4 atom stereocenters. The third-order valence-corrected chi connectivity index (χ3v) is 5.52. The number of fused-ring (bicyclic) bond motifs is 2. The molecule has 1 aliphatic carbocycles. The van der Waals surface area contributed by atoms with Crippen molar-refractivity contribution in [2.75, 3.05) is 0 Å². The zero-order chi connectivity index (χ0) is 12.3. The van der Waals surface area contributed by atoms with Crippen LogP contribution in [0.15, 0.2) is 46.2 Å². The Morgan fingerprint density at radius 3 is 2.61 bits per heavy atom. The third kappa shape index (κ3) is 1.55. The molecular weight excluding hydrogens is 252 g/mol. The summed E-state index contributed by atoms with van der Waals surface area (Å²) in [5.74, 6) is 0. The summed E-state index contributed by atoms with van der Waals surface area (Å²) >= 11 is 0. The quantitative estimate of drug-likeness (QED) is 0.755. The minimum atomic E-state index is -3.44. The molecule has 2 aliphatic heterocycles. The van der Waals surface area contributed by atoms with Gasteiger partial charge in [-0.1, -0.05) is 18.2 Å². The first-order valence-corrected chi connectivity index (χ1v) is 7.47. The number of hydrogen-bond acceptors (Lipinski definition) is 4. The van der Waals surface area contributed by atoms with Gasteiger partial charge in [0.25, 0.3) is 0 Å². The van der Waals surface area contributed by atoms with Crippen molar-refractivity contribution in [2.45, 2.75) is 35.7 Å². The number of hydrogen-bond donors (Lipinski definition) is 0. The molecule has 0 saturated carbocycles. The summed E-state index contributed by atoms with van der Waals surface area (Å²) in [6, 6.07) is 8.49. The molecule has 0 aromatic heterocycles. The van der Waals surface area contributed by atoms with Crippen LogP contribution >= 0.6 is 0 Å². The van der Waals surface area contributed by atoms with Crippen molar-refractivity contribution in [1.82, 2.24) is 0 Å². The SMILES string of the molecule is O=S(=O)(C1=C[C@@H]2O[C@@H]2C[C@@H]2O[C@H]12)c1ccccc1. The molecule has 0 unspecified atom stereocenters. The Balaban J connectivity index is 1.78. The molecule has 18 heavy (non-hydrogen) atoms. The van der Waals surface area contributed by atoms with E-state index in [9.17, 15) is 8.42 Å². The normalized spacial score (nSPS) is 37.0. The number of epoxide rings is 2. The molecule has 2 saturated heterocycles. The van der Waals surface area contributed by atoms with Crippen LogP contribution in [0.4, 0.5) is 0 Å². The van der Waals surface area contributed by atoms with Crippen LogP contribution in [0.5, 0.6) is 0 Å². The molecule has 5 heteroatoms. The molecule has 2 fully saturated rings. The Kier molecular flexibility index (Phi) is 2.05. The molecule has 0 radical (unpaired) electrons. The van der Waals surface area contributed by atoms with Gasteiger partial charge in [-0.05, 0) is 18.2 Å². The van der Waals surface area contributed by atoms with E-state index < -0.39 is 9.84 Å². The van der Waals surface area contributed by atoms with Gasteiger partial charge in [0.05, 0.1) is 22.0 Å². The van der Waals surface area contributed by atoms with Crippen molar-refractivity contribution < 1.29 is 17.9 Å². The molecular formula is C13H12O4S. The van der Waals surface area contributed by atoms with Gasteiger partial charge in [-0.25, -0.2) is 8.42 Å². The second-order valence-corrected chi connectivity index (χ2v) is 6.81. The maximum atomic E-state index is 12.5. The van der Waals surface area contributed by atoms with Crippen LogP contribution < -0.4 is 0 Å². The number of sulfone groups is 1. The van der Waals surface area contributed by atoms with E-state index >= 15 is 0 Å². The maximum absolute atomic E-state index is 12.5. The van der Waals surface area contributed by atoms with E-state index in [-0.39, 0.29) is 24.4 Å². The van der Waals surface area contributed by atoms with E-state index in [1.807, 2.05) is 0 Å². The van der Waals surface area contributed by atoms with Crippen molar-refractivity contribution >= 4 is 9.84 Å². The van der Waals surface area contributed by atoms with Gasteiger partial charge in [0, 0.05) is 6.42 Å². The lowest BCUT2D eigenvalue weighted by Crippen LogP contribution is -2.11. The number of rotatable bonds is 2. The van der Waals surface area contributed by atoms with Crippen molar-refractivity contribution in [1.29, 1.82) is 0 Å². The molecule has 4 rings (SSSR count). The van der Waals surface area contributed by atoms with Gasteiger partial charge in [-0.15, -0.1) is 0 Å². The maximum Gasteiger partial charge on any atom is 0.205 e. The molecule has 4 nitrogen and oxygen atoms in total. The van der Waals surface area contributed by atoms with Gasteiger partial charge in [0.2, 0.25) is 9.84 Å². The van der Waals surface area contributed by atoms with Crippen molar-refractivity contribution in [3.8, 4) is 0 Å². The van der Waals surface area contributed by atoms with Crippen molar-refractivity contribution in [3.05, 3.63) is 41.3 Å². The molecule has 0 bridgehead atoms. The molecule has 2 heterocycles. The summed E-state index contributed by atoms with van der Waals surface area (Å²) in [5, 5.41) is 0. The Bertz CT molecular complexity index is 620. The first kappa shape index (κ1) is 10.7. The highest BCUT2D eigenvalue weighted by atomic mass is 32.2. The minimum absolute atomic E-state index is 0.0206. The van der Waals surface area contributed by atoms with Gasteiger partial charge in [-0.3, -0.25) is 0 Å². The summed E-state index contributed by atoms with van der Waals surface area (Å²) in [4.78, 5) is 0.702. The average molecular weight is 264 g/mol. The first-order valence-electron chi connectivity index (χ1n) is 5.99. The fourth-order valence-electron chi connectivity index (χ4n) is 2.53. The Morgan fingerprint density at radius 1 is 1.06 bits per heavy atom. The predicted octanol–water partition coefficient (Wildman–Crippen LogP) is 1.28. The third-order valence-electron chi connectivity index (χ3n) is 3.64. The second kappa shape index (κ2) is 3.44. The minimum Gasteiger partial charge on any atom is -0.365 e. The van der Waals surface area contributed by atoms with E-state index in [0.717, 1.165) is 6.42 Å². The molecule has 0 N–H and O–H groups in total. The lowest BCUT2D eigenvalue weighted by molar-refractivity contribution is 0.336. The van der Waals surface area contributed by atoms with Crippen LogP contribution in [0.2, 0.25) is 0 Å². The zero-order valence-electron chi connectivity index (χ0n) is 9.52. The molecule has 0 amide bonds. The summed E-state index contributed by atoms with van der Waals surface area (Å²) in [6.45, 7) is 0. The summed E-state index contributed by atoms with van der Waals surface area (Å²) in [7, 11) is -3.44. The van der Waals surface area contributed by atoms with Gasteiger partial charge in [-0.2, -0.15) is 0 Å². The standard InChI is InChI=1S/C13H12O4S/c14-18(15,8-4-2-1-3-5-8)12-7-10-9(16-10)6-11-13(12)17-11/h1-5,7,9-11,13H,6H2/t9-,10+,11+,13+/m1/s1.